The third-order valence-corrected chi connectivity index (χ3v) is 2.41. The Morgan fingerprint density at radius 1 is 1.00 bits per heavy atom. The first kappa shape index (κ1) is 10.5. The van der Waals surface area contributed by atoms with Gasteiger partial charge in [-0.1, -0.05) is 18.2 Å². The van der Waals surface area contributed by atoms with Crippen LogP contribution in [-0.2, 0) is 0 Å². The largest absolute Gasteiger partial charge is 0.425 e. The minimum Gasteiger partial charge on any atom is -0.425 e. The molecule has 3 rings (SSSR count). The van der Waals surface area contributed by atoms with E-state index < -0.39 is 0 Å². The lowest BCUT2D eigenvalue weighted by Gasteiger charge is -1.91. The summed E-state index contributed by atoms with van der Waals surface area (Å²) in [5.41, 5.74) is 6.88. The van der Waals surface area contributed by atoms with Crippen LogP contribution in [-0.4, -0.2) is 15.2 Å². The van der Waals surface area contributed by atoms with Crippen LogP contribution in [0.2, 0.25) is 0 Å². The predicted molar refractivity (Wildman–Crippen MR) is 64.4 cm³/mol. The fraction of sp³-hybridized carbons (Fsp3) is 0.0833. The summed E-state index contributed by atoms with van der Waals surface area (Å²) in [6.07, 6.45) is 0. The first-order valence-electron chi connectivity index (χ1n) is 5.36. The summed E-state index contributed by atoms with van der Waals surface area (Å²) in [5, 5.41) is 7.88. The zero-order chi connectivity index (χ0) is 12.5. The lowest BCUT2D eigenvalue weighted by atomic mass is 10.2. The van der Waals surface area contributed by atoms with Gasteiger partial charge in [-0.05, 0) is 12.1 Å². The summed E-state index contributed by atoms with van der Waals surface area (Å²) < 4.78 is 10.6. The van der Waals surface area contributed by atoms with E-state index in [0.29, 0.717) is 17.5 Å². The molecule has 3 aromatic rings. The van der Waals surface area contributed by atoms with Crippen LogP contribution in [0.1, 0.15) is 5.89 Å². The number of oxazole rings is 1. The van der Waals surface area contributed by atoms with Gasteiger partial charge in [-0.15, -0.1) is 10.2 Å². The van der Waals surface area contributed by atoms with E-state index in [1.54, 1.807) is 6.92 Å². The van der Waals surface area contributed by atoms with Gasteiger partial charge in [0.05, 0.1) is 0 Å². The smallest absolute Gasteiger partial charge is 0.272 e. The molecule has 0 amide bonds. The Kier molecular flexibility index (Phi) is 2.33. The van der Waals surface area contributed by atoms with Crippen molar-refractivity contribution in [2.24, 2.45) is 0 Å². The van der Waals surface area contributed by atoms with Gasteiger partial charge in [0.1, 0.15) is 0 Å². The molecular weight excluding hydrogens is 232 g/mol. The highest BCUT2D eigenvalue weighted by Gasteiger charge is 2.17. The summed E-state index contributed by atoms with van der Waals surface area (Å²) >= 11 is 0. The molecule has 2 heterocycles. The minimum absolute atomic E-state index is 0.177. The summed E-state index contributed by atoms with van der Waals surface area (Å²) in [4.78, 5) is 4.10. The van der Waals surface area contributed by atoms with Crippen molar-refractivity contribution < 1.29 is 8.83 Å². The number of hydrogen-bond donors (Lipinski definition) is 1. The maximum Gasteiger partial charge on any atom is 0.272 e. The van der Waals surface area contributed by atoms with Crippen molar-refractivity contribution in [1.29, 1.82) is 0 Å². The third-order valence-electron chi connectivity index (χ3n) is 2.41. The highest BCUT2D eigenvalue weighted by Crippen LogP contribution is 2.27. The number of nitrogens with two attached hydrogens (primary N) is 1. The lowest BCUT2D eigenvalue weighted by Crippen LogP contribution is -1.86. The second-order valence-electron chi connectivity index (χ2n) is 3.72. The maximum absolute atomic E-state index is 5.66. The van der Waals surface area contributed by atoms with Gasteiger partial charge in [0.15, 0.2) is 11.6 Å². The van der Waals surface area contributed by atoms with Gasteiger partial charge in [0.2, 0.25) is 11.8 Å². The third kappa shape index (κ3) is 1.73. The molecule has 0 fully saturated rings. The summed E-state index contributed by atoms with van der Waals surface area (Å²) in [6, 6.07) is 9.48. The summed E-state index contributed by atoms with van der Waals surface area (Å²) in [5.74, 6) is 1.31. The van der Waals surface area contributed by atoms with Crippen molar-refractivity contribution >= 4 is 5.88 Å². The van der Waals surface area contributed by atoms with E-state index in [1.807, 2.05) is 30.3 Å². The molecule has 2 N–H and O–H groups in total. The first-order chi connectivity index (χ1) is 8.74. The van der Waals surface area contributed by atoms with Crippen LogP contribution >= 0.6 is 0 Å². The van der Waals surface area contributed by atoms with Gasteiger partial charge in [-0.25, -0.2) is 4.98 Å². The Balaban J connectivity index is 2.02. The maximum atomic E-state index is 5.66. The van der Waals surface area contributed by atoms with Crippen LogP contribution in [0.4, 0.5) is 5.88 Å². The second kappa shape index (κ2) is 3.99. The molecule has 0 saturated heterocycles. The number of aryl methyl sites for hydroxylation is 1. The van der Waals surface area contributed by atoms with Gasteiger partial charge in [0, 0.05) is 12.5 Å². The molecule has 0 aliphatic rings. The van der Waals surface area contributed by atoms with Crippen LogP contribution < -0.4 is 5.73 Å². The van der Waals surface area contributed by atoms with Crippen molar-refractivity contribution in [1.82, 2.24) is 15.2 Å². The van der Waals surface area contributed by atoms with Crippen LogP contribution in [0, 0.1) is 6.92 Å². The van der Waals surface area contributed by atoms with E-state index in [-0.39, 0.29) is 11.8 Å². The van der Waals surface area contributed by atoms with Gasteiger partial charge in [-0.3, -0.25) is 0 Å². The topological polar surface area (TPSA) is 91.0 Å². The first-order valence-corrected chi connectivity index (χ1v) is 5.36. The van der Waals surface area contributed by atoms with E-state index in [4.69, 9.17) is 14.6 Å². The highest BCUT2D eigenvalue weighted by molar-refractivity contribution is 5.62. The second-order valence-corrected chi connectivity index (χ2v) is 3.72. The highest BCUT2D eigenvalue weighted by atomic mass is 16.4. The molecule has 0 bridgehead atoms. The van der Waals surface area contributed by atoms with Crippen molar-refractivity contribution in [3.63, 3.8) is 0 Å². The summed E-state index contributed by atoms with van der Waals surface area (Å²) in [7, 11) is 0. The standard InChI is InChI=1S/C12H10N4O2/c1-7-14-9(10(13)17-7)12-16-15-11(18-12)8-5-3-2-4-6-8/h2-6H,13H2,1H3. The van der Waals surface area contributed by atoms with Gasteiger partial charge < -0.3 is 14.6 Å². The zero-order valence-electron chi connectivity index (χ0n) is 9.62. The van der Waals surface area contributed by atoms with E-state index in [9.17, 15) is 0 Å². The molecule has 0 saturated carbocycles. The van der Waals surface area contributed by atoms with Crippen LogP contribution in [0.3, 0.4) is 0 Å². The van der Waals surface area contributed by atoms with Crippen LogP contribution in [0.5, 0.6) is 0 Å². The molecule has 2 aromatic heterocycles. The molecule has 0 unspecified atom stereocenters. The average Bonchev–Trinajstić information content (AvgIpc) is 2.97. The van der Waals surface area contributed by atoms with E-state index in [2.05, 4.69) is 15.2 Å². The minimum atomic E-state index is 0.177. The van der Waals surface area contributed by atoms with Gasteiger partial charge in [0.25, 0.3) is 5.89 Å². The van der Waals surface area contributed by atoms with E-state index in [1.165, 1.54) is 0 Å². The Bertz CT molecular complexity index is 672. The molecule has 1 aromatic carbocycles. The number of anilines is 1. The van der Waals surface area contributed by atoms with Crippen molar-refractivity contribution in [3.8, 4) is 23.0 Å². The van der Waals surface area contributed by atoms with Crippen molar-refractivity contribution in [2.45, 2.75) is 6.92 Å². The average molecular weight is 242 g/mol. The molecule has 0 aliphatic heterocycles. The molecule has 90 valence electrons. The Hall–Kier alpha value is -2.63. The van der Waals surface area contributed by atoms with Gasteiger partial charge >= 0.3 is 0 Å². The van der Waals surface area contributed by atoms with Crippen molar-refractivity contribution in [3.05, 3.63) is 36.2 Å². The fourth-order valence-electron chi connectivity index (χ4n) is 1.61. The quantitative estimate of drug-likeness (QED) is 0.741. The normalized spacial score (nSPS) is 10.7. The Morgan fingerprint density at radius 3 is 2.39 bits per heavy atom. The molecule has 0 radical (unpaired) electrons. The predicted octanol–water partition coefficient (Wildman–Crippen LogP) is 2.28. The van der Waals surface area contributed by atoms with Gasteiger partial charge in [-0.2, -0.15) is 0 Å². The number of aromatic nitrogens is 3. The van der Waals surface area contributed by atoms with Crippen molar-refractivity contribution in [2.75, 3.05) is 5.73 Å². The Labute approximate surface area is 102 Å². The summed E-state index contributed by atoms with van der Waals surface area (Å²) in [6.45, 7) is 1.70. The monoisotopic (exact) mass is 242 g/mol. The molecule has 18 heavy (non-hydrogen) atoms. The molecule has 0 aliphatic carbocycles. The lowest BCUT2D eigenvalue weighted by molar-refractivity contribution is 0.538. The Morgan fingerprint density at radius 2 is 1.72 bits per heavy atom. The molecule has 0 spiro atoms. The fourth-order valence-corrected chi connectivity index (χ4v) is 1.61. The van der Waals surface area contributed by atoms with E-state index >= 15 is 0 Å². The zero-order valence-corrected chi connectivity index (χ0v) is 9.62. The number of benzene rings is 1. The molecule has 0 atom stereocenters. The number of rotatable bonds is 2. The molecule has 6 heteroatoms. The number of nitrogen functional groups attached to an aromatic ring is 1. The van der Waals surface area contributed by atoms with Crippen LogP contribution in [0.15, 0.2) is 39.2 Å². The number of nitrogens with zero attached hydrogens (tertiary/aromatic N) is 3. The molecular formula is C12H10N4O2. The van der Waals surface area contributed by atoms with E-state index in [0.717, 1.165) is 5.56 Å². The number of hydrogen-bond acceptors (Lipinski definition) is 6. The SMILES string of the molecule is Cc1nc(-c2nnc(-c3ccccc3)o2)c(N)o1. The molecule has 6 nitrogen and oxygen atoms in total. The van der Waals surface area contributed by atoms with Crippen LogP contribution in [0.25, 0.3) is 23.0 Å².